The van der Waals surface area contributed by atoms with Crippen LogP contribution in [0.2, 0.25) is 0 Å². The summed E-state index contributed by atoms with van der Waals surface area (Å²) in [6, 6.07) is 10.4. The van der Waals surface area contributed by atoms with Gasteiger partial charge < -0.3 is 14.8 Å². The van der Waals surface area contributed by atoms with Crippen LogP contribution < -0.4 is 0 Å². The first-order valence-corrected chi connectivity index (χ1v) is 6.68. The van der Waals surface area contributed by atoms with Gasteiger partial charge in [0.25, 0.3) is 5.91 Å². The molecule has 0 radical (unpaired) electrons. The van der Waals surface area contributed by atoms with Gasteiger partial charge in [0.05, 0.1) is 0 Å². The molecule has 2 heterocycles. The van der Waals surface area contributed by atoms with Crippen molar-refractivity contribution in [1.29, 1.82) is 0 Å². The number of likely N-dealkylation sites (tertiary alicyclic amines) is 1. The number of nitrogens with zero attached hydrogens (tertiary/aromatic N) is 2. The number of para-hydroxylation sites is 1. The summed E-state index contributed by atoms with van der Waals surface area (Å²) in [5.41, 5.74) is 1.72. The number of carbonyl (C=O) groups excluding carboxylic acids is 1. The summed E-state index contributed by atoms with van der Waals surface area (Å²) in [6.45, 7) is 1.66. The molecule has 1 saturated heterocycles. The summed E-state index contributed by atoms with van der Waals surface area (Å²) < 4.78 is 0. The van der Waals surface area contributed by atoms with Gasteiger partial charge >= 0.3 is 0 Å². The number of hydrogen-bond acceptors (Lipinski definition) is 2. The summed E-state index contributed by atoms with van der Waals surface area (Å²) in [7, 11) is 4.14. The van der Waals surface area contributed by atoms with Crippen LogP contribution in [0.15, 0.2) is 30.3 Å². The predicted octanol–water partition coefficient (Wildman–Crippen LogP) is 1.94. The van der Waals surface area contributed by atoms with Crippen LogP contribution in [-0.2, 0) is 0 Å². The Morgan fingerprint density at radius 3 is 2.84 bits per heavy atom. The van der Waals surface area contributed by atoms with Crippen LogP contribution >= 0.6 is 0 Å². The maximum absolute atomic E-state index is 12.5. The third-order valence-electron chi connectivity index (χ3n) is 3.94. The molecular weight excluding hydrogens is 238 g/mol. The minimum absolute atomic E-state index is 0.112. The normalized spacial score (nSPS) is 19.5. The zero-order chi connectivity index (χ0) is 13.4. The van der Waals surface area contributed by atoms with Crippen LogP contribution in [0.25, 0.3) is 10.9 Å². The van der Waals surface area contributed by atoms with Crippen molar-refractivity contribution < 1.29 is 4.79 Å². The molecule has 19 heavy (non-hydrogen) atoms. The minimum atomic E-state index is 0.112. The molecule has 0 spiro atoms. The molecule has 1 unspecified atom stereocenters. The van der Waals surface area contributed by atoms with Crippen molar-refractivity contribution in [3.05, 3.63) is 36.0 Å². The van der Waals surface area contributed by atoms with Gasteiger partial charge in [-0.25, -0.2) is 0 Å². The number of fused-ring (bicyclic) bond motifs is 1. The Kier molecular flexibility index (Phi) is 3.03. The molecule has 2 aromatic rings. The molecule has 4 heteroatoms. The van der Waals surface area contributed by atoms with Crippen LogP contribution in [0.5, 0.6) is 0 Å². The molecule has 1 aromatic heterocycles. The largest absolute Gasteiger partial charge is 0.351 e. The van der Waals surface area contributed by atoms with Crippen molar-refractivity contribution in [2.75, 3.05) is 27.2 Å². The van der Waals surface area contributed by atoms with Gasteiger partial charge in [0.1, 0.15) is 5.69 Å². The van der Waals surface area contributed by atoms with Crippen LogP contribution in [0.4, 0.5) is 0 Å². The molecule has 4 nitrogen and oxygen atoms in total. The number of carbonyl (C=O) groups is 1. The Hall–Kier alpha value is -1.81. The number of benzene rings is 1. The molecule has 1 amide bonds. The van der Waals surface area contributed by atoms with Gasteiger partial charge in [-0.2, -0.15) is 0 Å². The lowest BCUT2D eigenvalue weighted by molar-refractivity contribution is 0.0778. The quantitative estimate of drug-likeness (QED) is 0.893. The van der Waals surface area contributed by atoms with E-state index >= 15 is 0 Å². The number of rotatable bonds is 2. The van der Waals surface area contributed by atoms with Gasteiger partial charge in [0.15, 0.2) is 0 Å². The van der Waals surface area contributed by atoms with E-state index in [4.69, 9.17) is 0 Å². The molecule has 0 aliphatic carbocycles. The van der Waals surface area contributed by atoms with Gasteiger partial charge in [0, 0.05) is 30.0 Å². The number of likely N-dealkylation sites (N-methyl/N-ethyl adjacent to an activating group) is 1. The van der Waals surface area contributed by atoms with Crippen molar-refractivity contribution in [3.63, 3.8) is 0 Å². The topological polar surface area (TPSA) is 39.3 Å². The number of aromatic nitrogens is 1. The van der Waals surface area contributed by atoms with Crippen molar-refractivity contribution in [2.45, 2.75) is 12.5 Å². The van der Waals surface area contributed by atoms with E-state index in [1.54, 1.807) is 0 Å². The van der Waals surface area contributed by atoms with E-state index < -0.39 is 0 Å². The zero-order valence-corrected chi connectivity index (χ0v) is 11.4. The molecule has 100 valence electrons. The highest BCUT2D eigenvalue weighted by molar-refractivity contribution is 5.98. The number of H-pyrrole nitrogens is 1. The Morgan fingerprint density at radius 1 is 1.37 bits per heavy atom. The second kappa shape index (κ2) is 4.70. The van der Waals surface area contributed by atoms with E-state index in [2.05, 4.69) is 24.0 Å². The van der Waals surface area contributed by atoms with Gasteiger partial charge in [-0.05, 0) is 32.6 Å². The summed E-state index contributed by atoms with van der Waals surface area (Å²) >= 11 is 0. The SMILES string of the molecule is CN(C)C1CCN(C(=O)c2cc3ccccc3[nH]2)C1. The molecule has 1 aliphatic rings. The van der Waals surface area contributed by atoms with E-state index in [0.717, 1.165) is 30.4 Å². The standard InChI is InChI=1S/C15H19N3O/c1-17(2)12-7-8-18(10-12)15(19)14-9-11-5-3-4-6-13(11)16-14/h3-6,9,12,16H,7-8,10H2,1-2H3. The average molecular weight is 257 g/mol. The van der Waals surface area contributed by atoms with Gasteiger partial charge in [0.2, 0.25) is 0 Å². The number of aromatic amines is 1. The van der Waals surface area contributed by atoms with Crippen molar-refractivity contribution in [1.82, 2.24) is 14.8 Å². The third-order valence-corrected chi connectivity index (χ3v) is 3.94. The van der Waals surface area contributed by atoms with Crippen molar-refractivity contribution in [2.24, 2.45) is 0 Å². The molecule has 0 saturated carbocycles. The Bertz CT molecular complexity index is 569. The van der Waals surface area contributed by atoms with Crippen LogP contribution in [0, 0.1) is 0 Å². The summed E-state index contributed by atoms with van der Waals surface area (Å²) in [6.07, 6.45) is 1.05. The molecule has 3 rings (SSSR count). The Balaban J connectivity index is 1.80. The van der Waals surface area contributed by atoms with Gasteiger partial charge in [-0.15, -0.1) is 0 Å². The smallest absolute Gasteiger partial charge is 0.270 e. The lowest BCUT2D eigenvalue weighted by Crippen LogP contribution is -2.34. The fourth-order valence-electron chi connectivity index (χ4n) is 2.71. The molecule has 1 fully saturated rings. The Labute approximate surface area is 113 Å². The lowest BCUT2D eigenvalue weighted by Gasteiger charge is -2.20. The second-order valence-electron chi connectivity index (χ2n) is 5.43. The van der Waals surface area contributed by atoms with E-state index in [0.29, 0.717) is 11.7 Å². The predicted molar refractivity (Wildman–Crippen MR) is 76.3 cm³/mol. The fraction of sp³-hybridized carbons (Fsp3) is 0.400. The summed E-state index contributed by atoms with van der Waals surface area (Å²) in [5.74, 6) is 0.112. The minimum Gasteiger partial charge on any atom is -0.351 e. The average Bonchev–Trinajstić information content (AvgIpc) is 3.04. The second-order valence-corrected chi connectivity index (χ2v) is 5.43. The number of hydrogen-bond donors (Lipinski definition) is 1. The van der Waals surface area contributed by atoms with Crippen molar-refractivity contribution in [3.8, 4) is 0 Å². The van der Waals surface area contributed by atoms with E-state index in [1.807, 2.05) is 35.2 Å². The molecule has 1 aromatic carbocycles. The maximum atomic E-state index is 12.5. The monoisotopic (exact) mass is 257 g/mol. The number of nitrogens with one attached hydrogen (secondary N) is 1. The first-order chi connectivity index (χ1) is 9.15. The van der Waals surface area contributed by atoms with Crippen LogP contribution in [-0.4, -0.2) is 53.9 Å². The summed E-state index contributed by atoms with van der Waals surface area (Å²) in [4.78, 5) is 19.8. The highest BCUT2D eigenvalue weighted by atomic mass is 16.2. The molecule has 1 aliphatic heterocycles. The molecule has 0 bridgehead atoms. The van der Waals surface area contributed by atoms with E-state index in [9.17, 15) is 4.79 Å². The molecule has 1 atom stereocenters. The maximum Gasteiger partial charge on any atom is 0.270 e. The van der Waals surface area contributed by atoms with Crippen molar-refractivity contribution >= 4 is 16.8 Å². The number of amides is 1. The van der Waals surface area contributed by atoms with Crippen LogP contribution in [0.1, 0.15) is 16.9 Å². The first kappa shape index (κ1) is 12.2. The highest BCUT2D eigenvalue weighted by Gasteiger charge is 2.28. The fourth-order valence-corrected chi connectivity index (χ4v) is 2.71. The highest BCUT2D eigenvalue weighted by Crippen LogP contribution is 2.19. The van der Waals surface area contributed by atoms with Crippen LogP contribution in [0.3, 0.4) is 0 Å². The first-order valence-electron chi connectivity index (χ1n) is 6.68. The Morgan fingerprint density at radius 2 is 2.16 bits per heavy atom. The summed E-state index contributed by atoms with van der Waals surface area (Å²) in [5, 5.41) is 1.09. The van der Waals surface area contributed by atoms with Gasteiger partial charge in [-0.3, -0.25) is 4.79 Å². The molecular formula is C15H19N3O. The van der Waals surface area contributed by atoms with E-state index in [1.165, 1.54) is 0 Å². The third kappa shape index (κ3) is 2.24. The van der Waals surface area contributed by atoms with E-state index in [-0.39, 0.29) is 5.91 Å². The van der Waals surface area contributed by atoms with Gasteiger partial charge in [-0.1, -0.05) is 18.2 Å². The lowest BCUT2D eigenvalue weighted by atomic mass is 10.2. The zero-order valence-electron chi connectivity index (χ0n) is 11.4. The molecule has 1 N–H and O–H groups in total.